The van der Waals surface area contributed by atoms with Crippen LogP contribution >= 0.6 is 11.3 Å². The van der Waals surface area contributed by atoms with E-state index >= 15 is 0 Å². The maximum atomic E-state index is 12.5. The van der Waals surface area contributed by atoms with Gasteiger partial charge in [-0.3, -0.25) is 19.3 Å². The second-order valence-electron chi connectivity index (χ2n) is 7.37. The summed E-state index contributed by atoms with van der Waals surface area (Å²) < 4.78 is 0. The lowest BCUT2D eigenvalue weighted by Gasteiger charge is -2.14. The van der Waals surface area contributed by atoms with Crippen LogP contribution in [0.15, 0.2) is 41.8 Å². The number of hydrogen-bond acceptors (Lipinski definition) is 5. The first-order valence-corrected chi connectivity index (χ1v) is 10.8. The molecule has 7 heteroatoms. The number of nitrogens with zero attached hydrogens (tertiary/aromatic N) is 2. The van der Waals surface area contributed by atoms with Gasteiger partial charge < -0.3 is 5.32 Å². The molecule has 0 bridgehead atoms. The van der Waals surface area contributed by atoms with Crippen molar-refractivity contribution in [2.75, 3.05) is 11.9 Å². The molecule has 2 atom stereocenters. The molecule has 3 amide bonds. The van der Waals surface area contributed by atoms with Gasteiger partial charge in [0.2, 0.25) is 17.7 Å². The Morgan fingerprint density at radius 2 is 1.79 bits per heavy atom. The molecule has 1 aliphatic heterocycles. The minimum atomic E-state index is -0.254. The SMILES string of the molecule is CCc1ccc(-c2csc(NC(=O)CCN3C(=O)[C@H]4CC=CC[C@H]4C3=O)n2)cc1. The molecule has 0 spiro atoms. The van der Waals surface area contributed by atoms with Gasteiger partial charge in [-0.2, -0.15) is 0 Å². The predicted molar refractivity (Wildman–Crippen MR) is 112 cm³/mol. The van der Waals surface area contributed by atoms with Gasteiger partial charge in [0.25, 0.3) is 0 Å². The summed E-state index contributed by atoms with van der Waals surface area (Å²) in [6, 6.07) is 8.20. The normalized spacial score (nSPS) is 20.8. The average molecular weight is 410 g/mol. The Bertz CT molecular complexity index is 938. The zero-order chi connectivity index (χ0) is 20.4. The summed E-state index contributed by atoms with van der Waals surface area (Å²) in [7, 11) is 0. The second kappa shape index (κ2) is 8.29. The summed E-state index contributed by atoms with van der Waals surface area (Å²) in [6.07, 6.45) is 6.19. The number of fused-ring (bicyclic) bond motifs is 1. The number of aromatic nitrogens is 1. The number of benzene rings is 1. The molecule has 2 heterocycles. The number of anilines is 1. The van der Waals surface area contributed by atoms with E-state index in [9.17, 15) is 14.4 Å². The molecule has 1 aromatic carbocycles. The van der Waals surface area contributed by atoms with Crippen LogP contribution in [0, 0.1) is 11.8 Å². The lowest BCUT2D eigenvalue weighted by Crippen LogP contribution is -2.34. The second-order valence-corrected chi connectivity index (χ2v) is 8.23. The van der Waals surface area contributed by atoms with E-state index in [1.54, 1.807) is 0 Å². The highest BCUT2D eigenvalue weighted by atomic mass is 32.1. The lowest BCUT2D eigenvalue weighted by atomic mass is 9.85. The van der Waals surface area contributed by atoms with Crippen LogP contribution in [0.4, 0.5) is 5.13 Å². The number of imide groups is 1. The van der Waals surface area contributed by atoms with Crippen molar-refractivity contribution in [2.24, 2.45) is 11.8 Å². The number of carbonyl (C=O) groups is 3. The summed E-state index contributed by atoms with van der Waals surface area (Å²) in [4.78, 5) is 43.0. The van der Waals surface area contributed by atoms with Gasteiger partial charge in [-0.25, -0.2) is 4.98 Å². The minimum Gasteiger partial charge on any atom is -0.302 e. The molecule has 1 saturated heterocycles. The number of amides is 3. The van der Waals surface area contributed by atoms with Gasteiger partial charge in [-0.15, -0.1) is 11.3 Å². The summed E-state index contributed by atoms with van der Waals surface area (Å²) in [5.41, 5.74) is 3.08. The van der Waals surface area contributed by atoms with Crippen molar-refractivity contribution < 1.29 is 14.4 Å². The van der Waals surface area contributed by atoms with Crippen LogP contribution in [0.1, 0.15) is 31.7 Å². The van der Waals surface area contributed by atoms with Crippen LogP contribution in [0.5, 0.6) is 0 Å². The first-order valence-electron chi connectivity index (χ1n) is 9.91. The highest BCUT2D eigenvalue weighted by molar-refractivity contribution is 7.14. The largest absolute Gasteiger partial charge is 0.302 e. The Morgan fingerprint density at radius 3 is 2.41 bits per heavy atom. The number of allylic oxidation sites excluding steroid dienone is 2. The predicted octanol–water partition coefficient (Wildman–Crippen LogP) is 3.65. The summed E-state index contributed by atoms with van der Waals surface area (Å²) in [5, 5.41) is 5.20. The third kappa shape index (κ3) is 4.00. The Labute approximate surface area is 173 Å². The van der Waals surface area contributed by atoms with Gasteiger partial charge in [-0.1, -0.05) is 43.3 Å². The van der Waals surface area contributed by atoms with E-state index in [0.29, 0.717) is 18.0 Å². The molecule has 1 aromatic heterocycles. The Hall–Kier alpha value is -2.80. The number of thiazole rings is 1. The number of likely N-dealkylation sites (tertiary alicyclic amines) is 1. The molecule has 1 fully saturated rings. The smallest absolute Gasteiger partial charge is 0.233 e. The topological polar surface area (TPSA) is 79.4 Å². The summed E-state index contributed by atoms with van der Waals surface area (Å²) in [6.45, 7) is 2.23. The molecule has 4 rings (SSSR count). The number of aryl methyl sites for hydroxylation is 1. The third-order valence-electron chi connectivity index (χ3n) is 5.57. The van der Waals surface area contributed by atoms with E-state index in [4.69, 9.17) is 0 Å². The molecule has 1 aliphatic carbocycles. The minimum absolute atomic E-state index is 0.0739. The summed E-state index contributed by atoms with van der Waals surface area (Å²) >= 11 is 1.36. The molecule has 1 N–H and O–H groups in total. The van der Waals surface area contributed by atoms with E-state index in [2.05, 4.69) is 29.4 Å². The zero-order valence-corrected chi connectivity index (χ0v) is 17.1. The fourth-order valence-corrected chi connectivity index (χ4v) is 4.60. The van der Waals surface area contributed by atoms with Crippen molar-refractivity contribution in [3.8, 4) is 11.3 Å². The van der Waals surface area contributed by atoms with Gasteiger partial charge >= 0.3 is 0 Å². The van der Waals surface area contributed by atoms with E-state index < -0.39 is 0 Å². The van der Waals surface area contributed by atoms with Crippen molar-refractivity contribution >= 4 is 34.2 Å². The maximum Gasteiger partial charge on any atom is 0.233 e. The van der Waals surface area contributed by atoms with E-state index in [-0.39, 0.29) is 42.5 Å². The quantitative estimate of drug-likeness (QED) is 0.583. The number of nitrogens with one attached hydrogen (secondary N) is 1. The molecular weight excluding hydrogens is 386 g/mol. The fraction of sp³-hybridized carbons (Fsp3) is 0.364. The molecule has 150 valence electrons. The van der Waals surface area contributed by atoms with Crippen molar-refractivity contribution in [2.45, 2.75) is 32.6 Å². The van der Waals surface area contributed by atoms with Crippen molar-refractivity contribution in [3.05, 3.63) is 47.4 Å². The average Bonchev–Trinajstić information content (AvgIpc) is 3.30. The molecule has 29 heavy (non-hydrogen) atoms. The van der Waals surface area contributed by atoms with Crippen LogP contribution in [-0.2, 0) is 20.8 Å². The standard InChI is InChI=1S/C22H23N3O3S/c1-2-14-7-9-15(10-8-14)18-13-29-22(23-18)24-19(26)11-12-25-20(27)16-5-3-4-6-17(16)21(25)28/h3-4,7-10,13,16-17H,2,5-6,11-12H2,1H3,(H,23,24,26)/t16-,17+. The molecule has 0 saturated carbocycles. The number of rotatable bonds is 6. The van der Waals surface area contributed by atoms with Crippen LogP contribution in [0.2, 0.25) is 0 Å². The molecule has 2 aliphatic rings. The number of carbonyl (C=O) groups excluding carboxylic acids is 3. The first-order chi connectivity index (χ1) is 14.1. The van der Waals surface area contributed by atoms with Crippen molar-refractivity contribution in [1.82, 2.24) is 9.88 Å². The molecule has 0 radical (unpaired) electrons. The van der Waals surface area contributed by atoms with E-state index in [1.807, 2.05) is 29.7 Å². The van der Waals surface area contributed by atoms with Crippen LogP contribution in [0.3, 0.4) is 0 Å². The van der Waals surface area contributed by atoms with Crippen LogP contribution in [-0.4, -0.2) is 34.2 Å². The zero-order valence-electron chi connectivity index (χ0n) is 16.3. The Kier molecular flexibility index (Phi) is 5.58. The van der Waals surface area contributed by atoms with Crippen LogP contribution in [0.25, 0.3) is 11.3 Å². The highest BCUT2D eigenvalue weighted by Gasteiger charge is 2.46. The highest BCUT2D eigenvalue weighted by Crippen LogP contribution is 2.35. The van der Waals surface area contributed by atoms with Gasteiger partial charge in [0.05, 0.1) is 17.5 Å². The first kappa shape index (κ1) is 19.5. The van der Waals surface area contributed by atoms with E-state index in [1.165, 1.54) is 21.8 Å². The van der Waals surface area contributed by atoms with Crippen molar-refractivity contribution in [1.29, 1.82) is 0 Å². The van der Waals surface area contributed by atoms with Gasteiger partial charge in [0.15, 0.2) is 5.13 Å². The maximum absolute atomic E-state index is 12.5. The molecule has 6 nitrogen and oxygen atoms in total. The third-order valence-corrected chi connectivity index (χ3v) is 6.33. The monoisotopic (exact) mass is 409 g/mol. The van der Waals surface area contributed by atoms with Gasteiger partial charge in [-0.05, 0) is 24.8 Å². The van der Waals surface area contributed by atoms with E-state index in [0.717, 1.165) is 17.7 Å². The van der Waals surface area contributed by atoms with Gasteiger partial charge in [0, 0.05) is 23.9 Å². The molecule has 2 aromatic rings. The Morgan fingerprint density at radius 1 is 1.14 bits per heavy atom. The fourth-order valence-electron chi connectivity index (χ4n) is 3.86. The Balaban J connectivity index is 1.33. The van der Waals surface area contributed by atoms with Gasteiger partial charge in [0.1, 0.15) is 0 Å². The molecular formula is C22H23N3O3S. The van der Waals surface area contributed by atoms with Crippen molar-refractivity contribution in [3.63, 3.8) is 0 Å². The number of hydrogen-bond donors (Lipinski definition) is 1. The summed E-state index contributed by atoms with van der Waals surface area (Å²) in [5.74, 6) is -1.05. The van der Waals surface area contributed by atoms with Crippen LogP contribution < -0.4 is 5.32 Å². The lowest BCUT2D eigenvalue weighted by molar-refractivity contribution is -0.140. The molecule has 0 unspecified atom stereocenters.